The summed E-state index contributed by atoms with van der Waals surface area (Å²) in [7, 11) is 0. The van der Waals surface area contributed by atoms with Crippen LogP contribution in [0.1, 0.15) is 20.3 Å². The van der Waals surface area contributed by atoms with E-state index >= 15 is 0 Å². The summed E-state index contributed by atoms with van der Waals surface area (Å²) in [5.41, 5.74) is 0. The van der Waals surface area contributed by atoms with Gasteiger partial charge in [0.05, 0.1) is 19.4 Å². The summed E-state index contributed by atoms with van der Waals surface area (Å²) in [5, 5.41) is 6.52. The van der Waals surface area contributed by atoms with E-state index in [1.807, 2.05) is 0 Å². The Labute approximate surface area is 80.6 Å². The van der Waals surface area contributed by atoms with Crippen molar-refractivity contribution in [1.29, 1.82) is 0 Å². The Morgan fingerprint density at radius 2 is 2.00 bits per heavy atom. The number of hydrogen-bond acceptors (Lipinski definition) is 4. The largest absolute Gasteiger partial charge is 0.379 e. The van der Waals surface area contributed by atoms with Gasteiger partial charge in [0.1, 0.15) is 0 Å². The van der Waals surface area contributed by atoms with Gasteiger partial charge in [-0.15, -0.1) is 0 Å². The van der Waals surface area contributed by atoms with Crippen LogP contribution in [0.4, 0.5) is 0 Å². The van der Waals surface area contributed by atoms with Crippen molar-refractivity contribution in [2.24, 2.45) is 0 Å². The minimum absolute atomic E-state index is 0.359. The quantitative estimate of drug-likeness (QED) is 0.602. The summed E-state index contributed by atoms with van der Waals surface area (Å²) in [6, 6.07) is 0. The molecule has 0 aliphatic carbocycles. The lowest BCUT2D eigenvalue weighted by atomic mass is 10.4. The Hall–Kier alpha value is -0.160. The van der Waals surface area contributed by atoms with Crippen LogP contribution in [-0.2, 0) is 4.74 Å². The summed E-state index contributed by atoms with van der Waals surface area (Å²) in [6.45, 7) is 9.04. The minimum atomic E-state index is 0.359. The molecule has 78 valence electrons. The van der Waals surface area contributed by atoms with Crippen molar-refractivity contribution in [2.45, 2.75) is 26.4 Å². The van der Waals surface area contributed by atoms with Gasteiger partial charge >= 0.3 is 0 Å². The first kappa shape index (κ1) is 10.9. The van der Waals surface area contributed by atoms with Crippen LogP contribution in [0.3, 0.4) is 0 Å². The topological polar surface area (TPSA) is 36.5 Å². The summed E-state index contributed by atoms with van der Waals surface area (Å²) in [6.07, 6.45) is 1.47. The van der Waals surface area contributed by atoms with E-state index in [9.17, 15) is 0 Å². The van der Waals surface area contributed by atoms with Crippen LogP contribution in [0.2, 0.25) is 0 Å². The molecule has 1 aliphatic heterocycles. The normalized spacial score (nSPS) is 19.6. The van der Waals surface area contributed by atoms with Crippen molar-refractivity contribution in [3.63, 3.8) is 0 Å². The van der Waals surface area contributed by atoms with Crippen molar-refractivity contribution in [1.82, 2.24) is 15.5 Å². The van der Waals surface area contributed by atoms with E-state index in [0.29, 0.717) is 6.10 Å². The van der Waals surface area contributed by atoms with Crippen LogP contribution in [0, 0.1) is 0 Å². The first-order chi connectivity index (χ1) is 6.29. The molecule has 4 nitrogen and oxygen atoms in total. The second-order valence-electron chi connectivity index (χ2n) is 3.66. The predicted octanol–water partition coefficient (Wildman–Crippen LogP) is 0.169. The zero-order valence-electron chi connectivity index (χ0n) is 8.68. The van der Waals surface area contributed by atoms with E-state index in [2.05, 4.69) is 29.4 Å². The van der Waals surface area contributed by atoms with Gasteiger partial charge in [-0.3, -0.25) is 15.5 Å². The molecule has 4 heteroatoms. The van der Waals surface area contributed by atoms with Gasteiger partial charge in [-0.1, -0.05) is 0 Å². The van der Waals surface area contributed by atoms with E-state index < -0.39 is 0 Å². The summed E-state index contributed by atoms with van der Waals surface area (Å²) < 4.78 is 5.47. The molecular weight excluding hydrogens is 166 g/mol. The highest BCUT2D eigenvalue weighted by molar-refractivity contribution is 4.60. The molecule has 0 saturated carbocycles. The lowest BCUT2D eigenvalue weighted by Crippen LogP contribution is -2.50. The fourth-order valence-corrected chi connectivity index (χ4v) is 1.34. The number of nitrogens with one attached hydrogen (secondary N) is 2. The van der Waals surface area contributed by atoms with Crippen molar-refractivity contribution in [3.05, 3.63) is 0 Å². The lowest BCUT2D eigenvalue weighted by molar-refractivity contribution is 0.0670. The van der Waals surface area contributed by atoms with Crippen LogP contribution in [0.5, 0.6) is 0 Å². The fraction of sp³-hybridized carbons (Fsp3) is 1.00. The maximum atomic E-state index is 5.47. The molecule has 1 fully saturated rings. The smallest absolute Gasteiger partial charge is 0.0518 e. The molecule has 13 heavy (non-hydrogen) atoms. The summed E-state index contributed by atoms with van der Waals surface area (Å²) >= 11 is 0. The molecule has 0 unspecified atom stereocenters. The first-order valence-corrected chi connectivity index (χ1v) is 5.04. The average Bonchev–Trinajstić information content (AvgIpc) is 2.14. The number of hydrogen-bond donors (Lipinski definition) is 2. The van der Waals surface area contributed by atoms with Crippen LogP contribution >= 0.6 is 0 Å². The Morgan fingerprint density at radius 3 is 2.62 bits per heavy atom. The molecule has 0 atom stereocenters. The van der Waals surface area contributed by atoms with E-state index in [0.717, 1.165) is 39.6 Å². The highest BCUT2D eigenvalue weighted by Gasteiger charge is 2.07. The Balaban J connectivity index is 1.92. The lowest BCUT2D eigenvalue weighted by Gasteiger charge is -2.28. The standard InChI is InChI=1S/C9H21N3O/c1-9(2)13-5-3-4-12-7-10-6-11-8-12/h9-11H,3-8H2,1-2H3. The highest BCUT2D eigenvalue weighted by atomic mass is 16.5. The second-order valence-corrected chi connectivity index (χ2v) is 3.66. The molecule has 0 radical (unpaired) electrons. The zero-order valence-corrected chi connectivity index (χ0v) is 8.68. The minimum Gasteiger partial charge on any atom is -0.379 e. The van der Waals surface area contributed by atoms with E-state index in [1.165, 1.54) is 0 Å². The highest BCUT2D eigenvalue weighted by Crippen LogP contribution is 1.94. The number of rotatable bonds is 5. The molecule has 1 heterocycles. The molecule has 0 aromatic heterocycles. The molecule has 0 bridgehead atoms. The molecule has 1 rings (SSSR count). The second kappa shape index (κ2) is 6.32. The molecule has 1 saturated heterocycles. The Morgan fingerprint density at radius 1 is 1.31 bits per heavy atom. The average molecular weight is 187 g/mol. The zero-order chi connectivity index (χ0) is 9.52. The molecule has 0 aromatic rings. The summed E-state index contributed by atoms with van der Waals surface area (Å²) in [4.78, 5) is 2.34. The van der Waals surface area contributed by atoms with Crippen LogP contribution in [0.15, 0.2) is 0 Å². The van der Waals surface area contributed by atoms with Crippen molar-refractivity contribution >= 4 is 0 Å². The monoisotopic (exact) mass is 187 g/mol. The van der Waals surface area contributed by atoms with Gasteiger partial charge in [0.2, 0.25) is 0 Å². The third kappa shape index (κ3) is 5.21. The first-order valence-electron chi connectivity index (χ1n) is 5.04. The Bertz CT molecular complexity index is 124. The number of ether oxygens (including phenoxy) is 1. The van der Waals surface area contributed by atoms with Crippen LogP contribution < -0.4 is 10.6 Å². The maximum Gasteiger partial charge on any atom is 0.0518 e. The van der Waals surface area contributed by atoms with Gasteiger partial charge in [0.25, 0.3) is 0 Å². The van der Waals surface area contributed by atoms with E-state index in [-0.39, 0.29) is 0 Å². The molecule has 0 amide bonds. The molecule has 0 spiro atoms. The molecule has 2 N–H and O–H groups in total. The van der Waals surface area contributed by atoms with Crippen molar-refractivity contribution in [2.75, 3.05) is 33.2 Å². The molecule has 1 aliphatic rings. The predicted molar refractivity (Wildman–Crippen MR) is 53.3 cm³/mol. The Kier molecular flexibility index (Phi) is 5.31. The van der Waals surface area contributed by atoms with Crippen molar-refractivity contribution < 1.29 is 4.74 Å². The van der Waals surface area contributed by atoms with E-state index in [4.69, 9.17) is 4.74 Å². The van der Waals surface area contributed by atoms with Gasteiger partial charge in [-0.2, -0.15) is 0 Å². The van der Waals surface area contributed by atoms with Gasteiger partial charge in [-0.25, -0.2) is 0 Å². The van der Waals surface area contributed by atoms with Gasteiger partial charge < -0.3 is 4.74 Å². The SMILES string of the molecule is CC(C)OCCCN1CNCNC1. The van der Waals surface area contributed by atoms with Crippen molar-refractivity contribution in [3.8, 4) is 0 Å². The van der Waals surface area contributed by atoms with Gasteiger partial charge in [0, 0.05) is 19.8 Å². The van der Waals surface area contributed by atoms with E-state index in [1.54, 1.807) is 0 Å². The van der Waals surface area contributed by atoms with Crippen LogP contribution in [-0.4, -0.2) is 44.2 Å². The van der Waals surface area contributed by atoms with Gasteiger partial charge in [-0.05, 0) is 20.3 Å². The summed E-state index contributed by atoms with van der Waals surface area (Å²) in [5.74, 6) is 0. The molecular formula is C9H21N3O. The van der Waals surface area contributed by atoms with Gasteiger partial charge in [0.15, 0.2) is 0 Å². The fourth-order valence-electron chi connectivity index (χ4n) is 1.34. The molecule has 0 aromatic carbocycles. The third-order valence-corrected chi connectivity index (χ3v) is 1.99. The number of nitrogens with zero attached hydrogens (tertiary/aromatic N) is 1. The maximum absolute atomic E-state index is 5.47. The third-order valence-electron chi connectivity index (χ3n) is 1.99. The van der Waals surface area contributed by atoms with Crippen LogP contribution in [0.25, 0.3) is 0 Å².